The highest BCUT2D eigenvalue weighted by molar-refractivity contribution is 7.08. The van der Waals surface area contributed by atoms with Crippen molar-refractivity contribution < 1.29 is 14.6 Å². The van der Waals surface area contributed by atoms with Crippen LogP contribution < -0.4 is 15.0 Å². The van der Waals surface area contributed by atoms with E-state index >= 15 is 0 Å². The average molecular weight is 373 g/mol. The van der Waals surface area contributed by atoms with E-state index in [0.717, 1.165) is 5.69 Å². The Hall–Kier alpha value is -2.40. The molecular formula is C19H23N3O3S. The first-order chi connectivity index (χ1) is 12.4. The Morgan fingerprint density at radius 2 is 2.15 bits per heavy atom. The monoisotopic (exact) mass is 373 g/mol. The number of amides is 1. The van der Waals surface area contributed by atoms with Crippen LogP contribution in [0.5, 0.6) is 5.75 Å². The Bertz CT molecular complexity index is 769. The minimum atomic E-state index is -0.678. The molecule has 1 amide bonds. The van der Waals surface area contributed by atoms with Crippen molar-refractivity contribution in [3.8, 4) is 11.8 Å². The summed E-state index contributed by atoms with van der Waals surface area (Å²) in [6.45, 7) is 5.96. The number of nitrogens with zero attached hydrogens (tertiary/aromatic N) is 2. The predicted octanol–water partition coefficient (Wildman–Crippen LogP) is 3.04. The summed E-state index contributed by atoms with van der Waals surface area (Å²) in [5.74, 6) is 0.241. The van der Waals surface area contributed by atoms with Crippen LogP contribution in [0.15, 0.2) is 35.0 Å². The molecule has 138 valence electrons. The van der Waals surface area contributed by atoms with E-state index in [2.05, 4.69) is 11.4 Å². The third kappa shape index (κ3) is 5.30. The minimum absolute atomic E-state index is 0.0781. The summed E-state index contributed by atoms with van der Waals surface area (Å²) in [6, 6.07) is 9.21. The molecule has 1 atom stereocenters. The number of thiophene rings is 1. The van der Waals surface area contributed by atoms with Gasteiger partial charge in [-0.1, -0.05) is 13.8 Å². The van der Waals surface area contributed by atoms with Crippen molar-refractivity contribution in [2.24, 2.45) is 0 Å². The molecule has 1 heterocycles. The number of nitriles is 1. The largest absolute Gasteiger partial charge is 0.489 e. The zero-order valence-electron chi connectivity index (χ0n) is 15.1. The van der Waals surface area contributed by atoms with Gasteiger partial charge in [0.15, 0.2) is 0 Å². The van der Waals surface area contributed by atoms with Gasteiger partial charge in [-0.2, -0.15) is 16.6 Å². The number of carbonyl (C=O) groups is 1. The normalized spacial score (nSPS) is 11.8. The zero-order chi connectivity index (χ0) is 19.1. The smallest absolute Gasteiger partial charge is 0.228 e. The summed E-state index contributed by atoms with van der Waals surface area (Å²) < 4.78 is 5.59. The van der Waals surface area contributed by atoms with Gasteiger partial charge in [-0.15, -0.1) is 0 Å². The van der Waals surface area contributed by atoms with E-state index in [4.69, 9.17) is 4.74 Å². The number of ether oxygens (including phenoxy) is 1. The van der Waals surface area contributed by atoms with E-state index < -0.39 is 6.10 Å². The SMILES string of the molecule is CC(=O)N(c1ccsc1)c1ccc(OCC(O)CNC(C)C)c(C#N)c1. The number of carbonyl (C=O) groups excluding carboxylic acids is 1. The average Bonchev–Trinajstić information content (AvgIpc) is 3.12. The number of nitrogens with one attached hydrogen (secondary N) is 1. The summed E-state index contributed by atoms with van der Waals surface area (Å²) in [5.41, 5.74) is 1.67. The van der Waals surface area contributed by atoms with E-state index in [1.165, 1.54) is 18.3 Å². The fourth-order valence-electron chi connectivity index (χ4n) is 2.38. The lowest BCUT2D eigenvalue weighted by Gasteiger charge is -2.21. The molecule has 1 aromatic carbocycles. The first-order valence-corrected chi connectivity index (χ1v) is 9.28. The van der Waals surface area contributed by atoms with Gasteiger partial charge in [0.1, 0.15) is 24.5 Å². The van der Waals surface area contributed by atoms with Gasteiger partial charge in [0.05, 0.1) is 16.9 Å². The highest BCUT2D eigenvalue weighted by atomic mass is 32.1. The highest BCUT2D eigenvalue weighted by Gasteiger charge is 2.17. The maximum atomic E-state index is 12.0. The number of rotatable bonds is 8. The molecule has 2 N–H and O–H groups in total. The van der Waals surface area contributed by atoms with Crippen LogP contribution in [0.25, 0.3) is 0 Å². The topological polar surface area (TPSA) is 85.6 Å². The standard InChI is InChI=1S/C19H23N3O3S/c1-13(2)21-10-18(24)11-25-19-5-4-16(8-15(19)9-20)22(14(3)23)17-6-7-26-12-17/h4-8,12-13,18,21,24H,10-11H2,1-3H3. The quantitative estimate of drug-likeness (QED) is 0.743. The van der Waals surface area contributed by atoms with E-state index in [9.17, 15) is 15.2 Å². The second-order valence-electron chi connectivity index (χ2n) is 6.16. The Labute approximate surface area is 157 Å². The number of hydrogen-bond donors (Lipinski definition) is 2. The maximum absolute atomic E-state index is 12.0. The first kappa shape index (κ1) is 19.9. The Morgan fingerprint density at radius 1 is 1.38 bits per heavy atom. The molecule has 0 fully saturated rings. The maximum Gasteiger partial charge on any atom is 0.228 e. The van der Waals surface area contributed by atoms with Crippen molar-refractivity contribution in [1.29, 1.82) is 5.26 Å². The molecule has 0 spiro atoms. The fraction of sp³-hybridized carbons (Fsp3) is 0.368. The molecule has 2 aromatic rings. The molecule has 1 unspecified atom stereocenters. The van der Waals surface area contributed by atoms with Crippen molar-refractivity contribution in [2.75, 3.05) is 18.1 Å². The van der Waals surface area contributed by atoms with Crippen molar-refractivity contribution >= 4 is 28.6 Å². The highest BCUT2D eigenvalue weighted by Crippen LogP contribution is 2.31. The van der Waals surface area contributed by atoms with E-state index in [1.807, 2.05) is 30.7 Å². The van der Waals surface area contributed by atoms with Crippen molar-refractivity contribution in [1.82, 2.24) is 5.32 Å². The molecule has 6 nitrogen and oxygen atoms in total. The first-order valence-electron chi connectivity index (χ1n) is 8.33. The molecule has 0 bridgehead atoms. The van der Waals surface area contributed by atoms with Crippen LogP contribution in [0.2, 0.25) is 0 Å². The van der Waals surface area contributed by atoms with Crippen LogP contribution in [0, 0.1) is 11.3 Å². The molecule has 0 radical (unpaired) electrons. The number of aliphatic hydroxyl groups excluding tert-OH is 1. The third-order valence-corrected chi connectivity index (χ3v) is 4.28. The van der Waals surface area contributed by atoms with Gasteiger partial charge >= 0.3 is 0 Å². The molecule has 0 saturated carbocycles. The van der Waals surface area contributed by atoms with Crippen LogP contribution in [-0.2, 0) is 4.79 Å². The molecular weight excluding hydrogens is 350 g/mol. The van der Waals surface area contributed by atoms with Crippen LogP contribution >= 0.6 is 11.3 Å². The summed E-state index contributed by atoms with van der Waals surface area (Å²) in [5, 5.41) is 26.3. The number of aliphatic hydroxyl groups is 1. The molecule has 2 rings (SSSR count). The van der Waals surface area contributed by atoms with Gasteiger partial charge in [0, 0.05) is 24.9 Å². The Balaban J connectivity index is 2.14. The lowest BCUT2D eigenvalue weighted by Crippen LogP contribution is -2.35. The minimum Gasteiger partial charge on any atom is -0.489 e. The Kier molecular flexibility index (Phi) is 7.16. The van der Waals surface area contributed by atoms with E-state index in [0.29, 0.717) is 23.5 Å². The second-order valence-corrected chi connectivity index (χ2v) is 6.94. The van der Waals surface area contributed by atoms with Gasteiger partial charge in [-0.3, -0.25) is 9.69 Å². The van der Waals surface area contributed by atoms with Crippen molar-refractivity contribution in [3.63, 3.8) is 0 Å². The lowest BCUT2D eigenvalue weighted by atomic mass is 10.1. The Morgan fingerprint density at radius 3 is 2.73 bits per heavy atom. The van der Waals surface area contributed by atoms with E-state index in [1.54, 1.807) is 23.1 Å². The molecule has 26 heavy (non-hydrogen) atoms. The zero-order valence-corrected chi connectivity index (χ0v) is 15.9. The summed E-state index contributed by atoms with van der Waals surface area (Å²) in [6.07, 6.45) is -0.678. The van der Waals surface area contributed by atoms with Gasteiger partial charge in [0.25, 0.3) is 0 Å². The van der Waals surface area contributed by atoms with Gasteiger partial charge in [0.2, 0.25) is 5.91 Å². The third-order valence-electron chi connectivity index (χ3n) is 3.61. The molecule has 7 heteroatoms. The molecule has 0 aliphatic rings. The molecule has 0 aliphatic heterocycles. The number of anilines is 2. The van der Waals surface area contributed by atoms with Gasteiger partial charge in [-0.05, 0) is 29.6 Å². The number of hydrogen-bond acceptors (Lipinski definition) is 6. The fourth-order valence-corrected chi connectivity index (χ4v) is 3.00. The number of benzene rings is 1. The van der Waals surface area contributed by atoms with Crippen molar-refractivity contribution in [2.45, 2.75) is 32.9 Å². The molecule has 1 aromatic heterocycles. The van der Waals surface area contributed by atoms with Gasteiger partial charge < -0.3 is 15.2 Å². The summed E-state index contributed by atoms with van der Waals surface area (Å²) in [7, 11) is 0. The second kappa shape index (κ2) is 9.34. The van der Waals surface area contributed by atoms with Crippen molar-refractivity contribution in [3.05, 3.63) is 40.6 Å². The van der Waals surface area contributed by atoms with Gasteiger partial charge in [-0.25, -0.2) is 0 Å². The predicted molar refractivity (Wildman–Crippen MR) is 103 cm³/mol. The molecule has 0 saturated heterocycles. The van der Waals surface area contributed by atoms with Crippen LogP contribution in [0.4, 0.5) is 11.4 Å². The summed E-state index contributed by atoms with van der Waals surface area (Å²) in [4.78, 5) is 13.6. The van der Waals surface area contributed by atoms with Crippen LogP contribution in [0.1, 0.15) is 26.3 Å². The van der Waals surface area contributed by atoms with Crippen LogP contribution in [0.3, 0.4) is 0 Å². The summed E-state index contributed by atoms with van der Waals surface area (Å²) >= 11 is 1.49. The van der Waals surface area contributed by atoms with Crippen LogP contribution in [-0.4, -0.2) is 36.3 Å². The molecule has 0 aliphatic carbocycles. The lowest BCUT2D eigenvalue weighted by molar-refractivity contribution is -0.115. The van der Waals surface area contributed by atoms with E-state index in [-0.39, 0.29) is 18.6 Å².